The number of aromatic amines is 1. The zero-order valence-electron chi connectivity index (χ0n) is 15.1. The van der Waals surface area contributed by atoms with Gasteiger partial charge in [0.05, 0.1) is 18.1 Å². The van der Waals surface area contributed by atoms with Gasteiger partial charge in [0, 0.05) is 23.5 Å². The van der Waals surface area contributed by atoms with Crippen LogP contribution in [0.4, 0.5) is 0 Å². The molecule has 7 nitrogen and oxygen atoms in total. The van der Waals surface area contributed by atoms with Gasteiger partial charge in [0.1, 0.15) is 11.9 Å². The lowest BCUT2D eigenvalue weighted by Crippen LogP contribution is -2.41. The van der Waals surface area contributed by atoms with Crippen molar-refractivity contribution in [3.63, 3.8) is 0 Å². The van der Waals surface area contributed by atoms with Crippen molar-refractivity contribution in [2.24, 2.45) is 0 Å². The second kappa shape index (κ2) is 8.68. The number of ether oxygens (including phenoxy) is 1. The summed E-state index contributed by atoms with van der Waals surface area (Å²) >= 11 is 1.61. The predicted octanol–water partition coefficient (Wildman–Crippen LogP) is 2.65. The molecule has 2 N–H and O–H groups in total. The Morgan fingerprint density at radius 1 is 1.26 bits per heavy atom. The molecule has 0 saturated heterocycles. The number of pyridine rings is 1. The number of nitrogens with zero attached hydrogens (tertiary/aromatic N) is 2. The Morgan fingerprint density at radius 3 is 2.74 bits per heavy atom. The molecule has 1 amide bonds. The first kappa shape index (κ1) is 18.9. The summed E-state index contributed by atoms with van der Waals surface area (Å²) in [6, 6.07) is 8.25. The summed E-state index contributed by atoms with van der Waals surface area (Å²) in [7, 11) is 1.32. The number of hydrogen-bond donors (Lipinski definition) is 2. The van der Waals surface area contributed by atoms with Gasteiger partial charge < -0.3 is 15.0 Å². The minimum Gasteiger partial charge on any atom is -0.467 e. The van der Waals surface area contributed by atoms with Gasteiger partial charge in [-0.3, -0.25) is 9.78 Å². The van der Waals surface area contributed by atoms with Gasteiger partial charge in [0.15, 0.2) is 0 Å². The molecule has 1 atom stereocenters. The highest BCUT2D eigenvalue weighted by Crippen LogP contribution is 2.21. The van der Waals surface area contributed by atoms with Crippen LogP contribution in [0.15, 0.2) is 42.7 Å². The molecule has 0 bridgehead atoms. The van der Waals surface area contributed by atoms with E-state index in [4.69, 9.17) is 4.74 Å². The molecule has 0 aliphatic rings. The van der Waals surface area contributed by atoms with Crippen LogP contribution in [-0.2, 0) is 9.53 Å². The van der Waals surface area contributed by atoms with Crippen LogP contribution in [0.2, 0.25) is 0 Å². The van der Waals surface area contributed by atoms with Gasteiger partial charge in [-0.2, -0.15) is 11.8 Å². The summed E-state index contributed by atoms with van der Waals surface area (Å²) < 4.78 is 4.78. The van der Waals surface area contributed by atoms with E-state index in [0.29, 0.717) is 17.8 Å². The molecule has 3 aromatic rings. The second-order valence-electron chi connectivity index (χ2n) is 5.88. The third-order valence-electron chi connectivity index (χ3n) is 4.10. The second-order valence-corrected chi connectivity index (χ2v) is 6.87. The molecule has 1 aromatic carbocycles. The molecule has 8 heteroatoms. The van der Waals surface area contributed by atoms with E-state index < -0.39 is 12.0 Å². The van der Waals surface area contributed by atoms with E-state index in [1.54, 1.807) is 42.4 Å². The number of carbonyl (C=O) groups excluding carboxylic acids is 2. The van der Waals surface area contributed by atoms with Gasteiger partial charge in [-0.1, -0.05) is 0 Å². The highest BCUT2D eigenvalue weighted by atomic mass is 32.2. The first-order chi connectivity index (χ1) is 13.1. The number of hydrogen-bond acceptors (Lipinski definition) is 6. The highest BCUT2D eigenvalue weighted by Gasteiger charge is 2.22. The summed E-state index contributed by atoms with van der Waals surface area (Å²) in [6.45, 7) is 0. The van der Waals surface area contributed by atoms with Crippen molar-refractivity contribution < 1.29 is 14.3 Å². The van der Waals surface area contributed by atoms with E-state index in [1.165, 1.54) is 7.11 Å². The largest absolute Gasteiger partial charge is 0.467 e. The maximum Gasteiger partial charge on any atom is 0.328 e. The first-order valence-corrected chi connectivity index (χ1v) is 9.79. The third kappa shape index (κ3) is 4.46. The lowest BCUT2D eigenvalue weighted by Gasteiger charge is -2.16. The van der Waals surface area contributed by atoms with E-state index in [2.05, 4.69) is 20.3 Å². The number of thioether (sulfide) groups is 1. The van der Waals surface area contributed by atoms with Crippen LogP contribution in [0.1, 0.15) is 16.8 Å². The Morgan fingerprint density at radius 2 is 2.04 bits per heavy atom. The Bertz CT molecular complexity index is 943. The number of amides is 1. The fourth-order valence-corrected chi connectivity index (χ4v) is 3.14. The van der Waals surface area contributed by atoms with Crippen molar-refractivity contribution in [1.82, 2.24) is 20.3 Å². The molecular weight excluding hydrogens is 364 g/mol. The zero-order chi connectivity index (χ0) is 19.2. The molecule has 0 aliphatic carbocycles. The first-order valence-electron chi connectivity index (χ1n) is 8.40. The van der Waals surface area contributed by atoms with E-state index in [-0.39, 0.29) is 5.91 Å². The number of carbonyl (C=O) groups is 2. The van der Waals surface area contributed by atoms with Gasteiger partial charge in [-0.05, 0) is 48.8 Å². The van der Waals surface area contributed by atoms with Crippen molar-refractivity contribution in [3.8, 4) is 11.4 Å². The van der Waals surface area contributed by atoms with Crippen molar-refractivity contribution in [3.05, 3.63) is 48.3 Å². The number of nitrogens with one attached hydrogen (secondary N) is 2. The molecular formula is C19H20N4O3S. The number of aromatic nitrogens is 3. The van der Waals surface area contributed by atoms with E-state index in [1.807, 2.05) is 18.4 Å². The number of esters is 1. The molecule has 1 unspecified atom stereocenters. The summed E-state index contributed by atoms with van der Waals surface area (Å²) in [5, 5.41) is 2.75. The zero-order valence-corrected chi connectivity index (χ0v) is 15.9. The maximum absolute atomic E-state index is 12.6. The standard InChI is InChI=1S/C19H20N4O3S/c1-26-19(25)15(7-10-27-2)23-18(24)13-3-4-14-16(11-13)22-17(21-14)12-5-8-20-9-6-12/h3-6,8-9,11,15H,7,10H2,1-2H3,(H,21,22)(H,23,24). The van der Waals surface area contributed by atoms with E-state index in [9.17, 15) is 9.59 Å². The Labute approximate surface area is 160 Å². The van der Waals surface area contributed by atoms with Crippen LogP contribution in [-0.4, -0.2) is 52.0 Å². The number of imidazole rings is 1. The van der Waals surface area contributed by atoms with Gasteiger partial charge >= 0.3 is 5.97 Å². The van der Waals surface area contributed by atoms with E-state index in [0.717, 1.165) is 22.3 Å². The van der Waals surface area contributed by atoms with Crippen LogP contribution < -0.4 is 5.32 Å². The fourth-order valence-electron chi connectivity index (χ4n) is 2.67. The molecule has 2 aromatic heterocycles. The Balaban J connectivity index is 1.81. The van der Waals surface area contributed by atoms with E-state index >= 15 is 0 Å². The van der Waals surface area contributed by atoms with Crippen LogP contribution >= 0.6 is 11.8 Å². The molecule has 3 rings (SSSR count). The summed E-state index contributed by atoms with van der Waals surface area (Å²) in [4.78, 5) is 36.2. The molecule has 0 spiro atoms. The van der Waals surface area contributed by atoms with Crippen LogP contribution in [0.5, 0.6) is 0 Å². The number of fused-ring (bicyclic) bond motifs is 1. The SMILES string of the molecule is COC(=O)C(CCSC)NC(=O)c1ccc2nc(-c3ccncc3)[nH]c2c1. The molecule has 0 saturated carbocycles. The van der Waals surface area contributed by atoms with Gasteiger partial charge in [0.2, 0.25) is 0 Å². The van der Waals surface area contributed by atoms with Crippen molar-refractivity contribution in [1.29, 1.82) is 0 Å². The predicted molar refractivity (Wildman–Crippen MR) is 106 cm³/mol. The fraction of sp³-hybridized carbons (Fsp3) is 0.263. The molecule has 27 heavy (non-hydrogen) atoms. The normalized spacial score (nSPS) is 11.9. The maximum atomic E-state index is 12.6. The third-order valence-corrected chi connectivity index (χ3v) is 4.74. The summed E-state index contributed by atoms with van der Waals surface area (Å²) in [6.07, 6.45) is 5.85. The number of methoxy groups -OCH3 is 1. The number of rotatable bonds is 7. The highest BCUT2D eigenvalue weighted by molar-refractivity contribution is 7.98. The van der Waals surface area contributed by atoms with Crippen LogP contribution in [0, 0.1) is 0 Å². The molecule has 140 valence electrons. The van der Waals surface area contributed by atoms with Gasteiger partial charge in [0.25, 0.3) is 5.91 Å². The Kier molecular flexibility index (Phi) is 6.08. The van der Waals surface area contributed by atoms with Crippen LogP contribution in [0.3, 0.4) is 0 Å². The minimum absolute atomic E-state index is 0.325. The molecule has 0 fully saturated rings. The lowest BCUT2D eigenvalue weighted by atomic mass is 10.1. The average Bonchev–Trinajstić information content (AvgIpc) is 3.14. The van der Waals surface area contributed by atoms with Gasteiger partial charge in [-0.25, -0.2) is 9.78 Å². The quantitative estimate of drug-likeness (QED) is 0.608. The molecule has 0 radical (unpaired) electrons. The molecule has 0 aliphatic heterocycles. The van der Waals surface area contributed by atoms with Crippen molar-refractivity contribution in [2.45, 2.75) is 12.5 Å². The summed E-state index contributed by atoms with van der Waals surface area (Å²) in [5.74, 6) is 0.681. The Hall–Kier alpha value is -2.87. The molecule has 2 heterocycles. The van der Waals surface area contributed by atoms with Crippen LogP contribution in [0.25, 0.3) is 22.4 Å². The van der Waals surface area contributed by atoms with Crippen molar-refractivity contribution >= 4 is 34.7 Å². The number of H-pyrrole nitrogens is 1. The average molecular weight is 384 g/mol. The monoisotopic (exact) mass is 384 g/mol. The number of benzene rings is 1. The lowest BCUT2D eigenvalue weighted by molar-refractivity contribution is -0.142. The minimum atomic E-state index is -0.667. The van der Waals surface area contributed by atoms with Crippen molar-refractivity contribution in [2.75, 3.05) is 19.1 Å². The summed E-state index contributed by atoms with van der Waals surface area (Å²) in [5.41, 5.74) is 2.86. The smallest absolute Gasteiger partial charge is 0.328 e. The topological polar surface area (TPSA) is 97.0 Å². The van der Waals surface area contributed by atoms with Gasteiger partial charge in [-0.15, -0.1) is 0 Å².